The van der Waals surface area contributed by atoms with Crippen LogP contribution in [0.15, 0.2) is 133 Å². The molecule has 0 aliphatic heterocycles. The van der Waals surface area contributed by atoms with Gasteiger partial charge in [-0.25, -0.2) is 0 Å². The molecule has 0 unspecified atom stereocenters. The van der Waals surface area contributed by atoms with Crippen molar-refractivity contribution in [1.29, 1.82) is 0 Å². The van der Waals surface area contributed by atoms with Crippen molar-refractivity contribution in [3.05, 3.63) is 165 Å². The van der Waals surface area contributed by atoms with E-state index in [1.807, 2.05) is 11.3 Å². The largest absolute Gasteiger partial charge is 0.136 e. The van der Waals surface area contributed by atoms with Crippen LogP contribution in [0.1, 0.15) is 32.0 Å². The molecule has 0 nitrogen and oxygen atoms in total. The molecule has 35 heavy (non-hydrogen) atoms. The van der Waals surface area contributed by atoms with Gasteiger partial charge in [0.05, 0.1) is 0 Å². The Balaban J connectivity index is 1.52. The molecule has 1 aromatic heterocycles. The zero-order valence-corrected chi connectivity index (χ0v) is 20.5. The summed E-state index contributed by atoms with van der Waals surface area (Å²) >= 11 is 1.89. The number of thiophene rings is 1. The van der Waals surface area contributed by atoms with Crippen LogP contribution in [0.25, 0.3) is 23.3 Å². The Morgan fingerprint density at radius 3 is 1.14 bits per heavy atom. The van der Waals surface area contributed by atoms with Gasteiger partial charge in [-0.05, 0) is 58.4 Å². The normalized spacial score (nSPS) is 12.0. The highest BCUT2D eigenvalue weighted by Gasteiger charge is 2.12. The van der Waals surface area contributed by atoms with Crippen LogP contribution >= 0.6 is 11.3 Å². The van der Waals surface area contributed by atoms with Gasteiger partial charge in [0.1, 0.15) is 0 Å². The third-order valence-corrected chi connectivity index (χ3v) is 7.23. The molecule has 0 amide bonds. The fourth-order valence-electron chi connectivity index (χ4n) is 4.23. The summed E-state index contributed by atoms with van der Waals surface area (Å²) in [5, 5.41) is 0. The van der Waals surface area contributed by atoms with Gasteiger partial charge in [-0.3, -0.25) is 0 Å². The fourth-order valence-corrected chi connectivity index (χ4v) is 5.27. The standard InChI is InChI=1S/C34H28S/c1-5-13-27(14-6-1)23-31(24-28-15-7-2-8-16-28)33-21-22-34(35-33)32(25-29-17-9-3-10-18-29)26-30-19-11-4-12-20-30/h1-23,25H,24,26H2/b31-23+,32-25+. The number of allylic oxidation sites excluding steroid dienone is 2. The highest BCUT2D eigenvalue weighted by atomic mass is 32.1. The third-order valence-electron chi connectivity index (χ3n) is 5.99. The summed E-state index contributed by atoms with van der Waals surface area (Å²) in [7, 11) is 0. The van der Waals surface area contributed by atoms with Crippen molar-refractivity contribution in [2.24, 2.45) is 0 Å². The molecular formula is C34H28S. The second kappa shape index (κ2) is 11.5. The molecule has 0 aliphatic rings. The van der Waals surface area contributed by atoms with Gasteiger partial charge >= 0.3 is 0 Å². The summed E-state index contributed by atoms with van der Waals surface area (Å²) in [5.41, 5.74) is 7.81. The molecule has 0 fully saturated rings. The first-order chi connectivity index (χ1) is 17.3. The van der Waals surface area contributed by atoms with Crippen molar-refractivity contribution in [2.45, 2.75) is 12.8 Å². The smallest absolute Gasteiger partial charge is 0.0312 e. The van der Waals surface area contributed by atoms with Crippen LogP contribution in [0.4, 0.5) is 0 Å². The molecule has 1 heterocycles. The van der Waals surface area contributed by atoms with Crippen molar-refractivity contribution in [3.8, 4) is 0 Å². The van der Waals surface area contributed by atoms with E-state index in [0.717, 1.165) is 12.8 Å². The third kappa shape index (κ3) is 6.35. The molecule has 1 heteroatoms. The van der Waals surface area contributed by atoms with Gasteiger partial charge in [-0.15, -0.1) is 11.3 Å². The van der Waals surface area contributed by atoms with Crippen molar-refractivity contribution < 1.29 is 0 Å². The van der Waals surface area contributed by atoms with E-state index in [4.69, 9.17) is 0 Å². The average Bonchev–Trinajstić information content (AvgIpc) is 3.41. The van der Waals surface area contributed by atoms with E-state index in [1.54, 1.807) is 0 Å². The van der Waals surface area contributed by atoms with Crippen molar-refractivity contribution >= 4 is 34.6 Å². The molecule has 0 saturated heterocycles. The minimum Gasteiger partial charge on any atom is -0.136 e. The van der Waals surface area contributed by atoms with Crippen LogP contribution in [0.5, 0.6) is 0 Å². The minimum atomic E-state index is 0.909. The maximum Gasteiger partial charge on any atom is 0.0312 e. The number of benzene rings is 4. The van der Waals surface area contributed by atoms with Crippen LogP contribution in [0.2, 0.25) is 0 Å². The average molecular weight is 469 g/mol. The minimum absolute atomic E-state index is 0.909. The number of rotatable bonds is 8. The van der Waals surface area contributed by atoms with E-state index in [2.05, 4.69) is 146 Å². The lowest BCUT2D eigenvalue weighted by molar-refractivity contribution is 1.30. The summed E-state index contributed by atoms with van der Waals surface area (Å²) in [4.78, 5) is 2.64. The van der Waals surface area contributed by atoms with Crippen molar-refractivity contribution in [3.63, 3.8) is 0 Å². The Morgan fingerprint density at radius 2 is 0.771 bits per heavy atom. The predicted octanol–water partition coefficient (Wildman–Crippen LogP) is 9.31. The molecule has 0 spiro atoms. The molecule has 0 aliphatic carbocycles. The number of hydrogen-bond donors (Lipinski definition) is 0. The van der Waals surface area contributed by atoms with E-state index in [1.165, 1.54) is 43.2 Å². The highest BCUT2D eigenvalue weighted by molar-refractivity contribution is 7.14. The lowest BCUT2D eigenvalue weighted by Crippen LogP contribution is -1.90. The molecule has 5 aromatic rings. The molecule has 0 bridgehead atoms. The van der Waals surface area contributed by atoms with Gasteiger partial charge in [0, 0.05) is 9.75 Å². The van der Waals surface area contributed by atoms with E-state index in [0.29, 0.717) is 0 Å². The van der Waals surface area contributed by atoms with Gasteiger partial charge in [0.2, 0.25) is 0 Å². The molecule has 4 aromatic carbocycles. The molecule has 0 atom stereocenters. The lowest BCUT2D eigenvalue weighted by atomic mass is 10.00. The summed E-state index contributed by atoms with van der Waals surface area (Å²) in [5.74, 6) is 0. The van der Waals surface area contributed by atoms with E-state index in [9.17, 15) is 0 Å². The van der Waals surface area contributed by atoms with Gasteiger partial charge in [0.15, 0.2) is 0 Å². The maximum absolute atomic E-state index is 2.33. The maximum atomic E-state index is 2.33. The van der Waals surface area contributed by atoms with Crippen LogP contribution < -0.4 is 0 Å². The van der Waals surface area contributed by atoms with Crippen molar-refractivity contribution in [1.82, 2.24) is 0 Å². The summed E-state index contributed by atoms with van der Waals surface area (Å²) in [6.45, 7) is 0. The Morgan fingerprint density at radius 1 is 0.429 bits per heavy atom. The lowest BCUT2D eigenvalue weighted by Gasteiger charge is -2.08. The predicted molar refractivity (Wildman–Crippen MR) is 153 cm³/mol. The highest BCUT2D eigenvalue weighted by Crippen LogP contribution is 2.34. The second-order valence-corrected chi connectivity index (χ2v) is 9.73. The van der Waals surface area contributed by atoms with Crippen LogP contribution in [0, 0.1) is 0 Å². The van der Waals surface area contributed by atoms with Gasteiger partial charge in [-0.2, -0.15) is 0 Å². The van der Waals surface area contributed by atoms with Gasteiger partial charge in [-0.1, -0.05) is 133 Å². The summed E-state index contributed by atoms with van der Waals surface area (Å²) in [6, 6.07) is 47.3. The van der Waals surface area contributed by atoms with Crippen LogP contribution in [0.3, 0.4) is 0 Å². The van der Waals surface area contributed by atoms with Gasteiger partial charge in [0.25, 0.3) is 0 Å². The first-order valence-electron chi connectivity index (χ1n) is 12.0. The van der Waals surface area contributed by atoms with E-state index >= 15 is 0 Å². The number of hydrogen-bond acceptors (Lipinski definition) is 1. The Labute approximate surface area is 212 Å². The summed E-state index contributed by atoms with van der Waals surface area (Å²) in [6.07, 6.45) is 6.49. The monoisotopic (exact) mass is 468 g/mol. The molecule has 0 saturated carbocycles. The first-order valence-corrected chi connectivity index (χ1v) is 12.8. The topological polar surface area (TPSA) is 0 Å². The second-order valence-electron chi connectivity index (χ2n) is 8.65. The fraction of sp³-hybridized carbons (Fsp3) is 0.0588. The van der Waals surface area contributed by atoms with E-state index in [-0.39, 0.29) is 0 Å². The molecule has 170 valence electrons. The Kier molecular flexibility index (Phi) is 7.48. The van der Waals surface area contributed by atoms with E-state index < -0.39 is 0 Å². The zero-order valence-electron chi connectivity index (χ0n) is 19.7. The Bertz CT molecular complexity index is 1280. The molecule has 0 N–H and O–H groups in total. The zero-order chi connectivity index (χ0) is 23.7. The molecule has 0 radical (unpaired) electrons. The van der Waals surface area contributed by atoms with Crippen molar-refractivity contribution in [2.75, 3.05) is 0 Å². The SMILES string of the molecule is C(=C(/Cc1ccccc1)c1ccc(/C(=C/c2ccccc2)Cc2ccccc2)s1)/c1ccccc1. The Hall–Kier alpha value is -3.94. The van der Waals surface area contributed by atoms with Crippen LogP contribution in [-0.4, -0.2) is 0 Å². The van der Waals surface area contributed by atoms with Gasteiger partial charge < -0.3 is 0 Å². The quantitative estimate of drug-likeness (QED) is 0.213. The van der Waals surface area contributed by atoms with Crippen LogP contribution in [-0.2, 0) is 12.8 Å². The molecule has 5 rings (SSSR count). The summed E-state index contributed by atoms with van der Waals surface area (Å²) < 4.78 is 0. The molecular weight excluding hydrogens is 440 g/mol. The first kappa shape index (κ1) is 22.8.